The number of pyridine rings is 1. The van der Waals surface area contributed by atoms with Crippen molar-refractivity contribution < 1.29 is 18.4 Å². The Morgan fingerprint density at radius 1 is 1.33 bits per heavy atom. The van der Waals surface area contributed by atoms with Gasteiger partial charge in [0.2, 0.25) is 0 Å². The molecule has 0 atom stereocenters. The average Bonchev–Trinajstić information content (AvgIpc) is 2.39. The van der Waals surface area contributed by atoms with E-state index in [4.69, 9.17) is 5.73 Å². The second-order valence-electron chi connectivity index (χ2n) is 3.89. The number of ether oxygens (including phenoxy) is 1. The first-order valence-corrected chi connectivity index (χ1v) is 5.68. The van der Waals surface area contributed by atoms with E-state index < -0.39 is 11.5 Å². The molecule has 1 aromatic carbocycles. The van der Waals surface area contributed by atoms with Crippen molar-refractivity contribution in [3.8, 4) is 5.75 Å². The molecule has 110 valence electrons. The standard InChI is InChI=1S/C12H10F2N4O3/c13-12(14)21-9-4-2-1-3-8(9)16-11-6-7(18(19)20)5-10(15)17-11/h1-6,12H,(H3,15,16,17). The number of anilines is 3. The molecule has 0 radical (unpaired) electrons. The van der Waals surface area contributed by atoms with Crippen LogP contribution in [0.15, 0.2) is 36.4 Å². The number of alkyl halides is 2. The van der Waals surface area contributed by atoms with E-state index in [-0.39, 0.29) is 28.8 Å². The average molecular weight is 296 g/mol. The normalized spacial score (nSPS) is 10.4. The van der Waals surface area contributed by atoms with E-state index in [1.807, 2.05) is 0 Å². The van der Waals surface area contributed by atoms with E-state index in [0.717, 1.165) is 12.1 Å². The maximum absolute atomic E-state index is 12.3. The molecule has 1 aromatic heterocycles. The Morgan fingerprint density at radius 2 is 2.05 bits per heavy atom. The number of nitrogen functional groups attached to an aromatic ring is 1. The van der Waals surface area contributed by atoms with Crippen LogP contribution in [-0.4, -0.2) is 16.5 Å². The van der Waals surface area contributed by atoms with E-state index in [1.165, 1.54) is 18.2 Å². The van der Waals surface area contributed by atoms with E-state index in [9.17, 15) is 18.9 Å². The van der Waals surface area contributed by atoms with Gasteiger partial charge in [-0.25, -0.2) is 4.98 Å². The Kier molecular flexibility index (Phi) is 4.12. The highest BCUT2D eigenvalue weighted by atomic mass is 19.3. The molecule has 9 heteroatoms. The smallest absolute Gasteiger partial charge is 0.387 e. The van der Waals surface area contributed by atoms with Gasteiger partial charge in [0.1, 0.15) is 17.4 Å². The molecule has 7 nitrogen and oxygen atoms in total. The van der Waals surface area contributed by atoms with Gasteiger partial charge in [-0.3, -0.25) is 10.1 Å². The fourth-order valence-corrected chi connectivity index (χ4v) is 1.61. The van der Waals surface area contributed by atoms with Crippen LogP contribution in [-0.2, 0) is 0 Å². The quantitative estimate of drug-likeness (QED) is 0.649. The van der Waals surface area contributed by atoms with Crippen molar-refractivity contribution in [2.75, 3.05) is 11.1 Å². The molecular formula is C12H10F2N4O3. The third-order valence-electron chi connectivity index (χ3n) is 2.41. The van der Waals surface area contributed by atoms with Crippen LogP contribution in [0.2, 0.25) is 0 Å². The number of halogens is 2. The zero-order chi connectivity index (χ0) is 15.4. The summed E-state index contributed by atoms with van der Waals surface area (Å²) < 4.78 is 28.9. The summed E-state index contributed by atoms with van der Waals surface area (Å²) in [6, 6.07) is 8.12. The summed E-state index contributed by atoms with van der Waals surface area (Å²) in [5.74, 6) is -0.134. The Hall–Kier alpha value is -2.97. The van der Waals surface area contributed by atoms with Crippen molar-refractivity contribution in [3.05, 3.63) is 46.5 Å². The SMILES string of the molecule is Nc1cc([N+](=O)[O-])cc(Nc2ccccc2OC(F)F)n1. The summed E-state index contributed by atoms with van der Waals surface area (Å²) >= 11 is 0. The number of hydrogen-bond donors (Lipinski definition) is 2. The zero-order valence-electron chi connectivity index (χ0n) is 10.5. The molecule has 1 heterocycles. The molecule has 3 N–H and O–H groups in total. The van der Waals surface area contributed by atoms with Crippen molar-refractivity contribution in [2.45, 2.75) is 6.61 Å². The molecule has 0 aliphatic rings. The number of nitro groups is 1. The van der Waals surface area contributed by atoms with Gasteiger partial charge in [-0.2, -0.15) is 8.78 Å². The molecule has 0 fully saturated rings. The van der Waals surface area contributed by atoms with Gasteiger partial charge in [-0.05, 0) is 12.1 Å². The van der Waals surface area contributed by atoms with Crippen LogP contribution < -0.4 is 15.8 Å². The molecular weight excluding hydrogens is 286 g/mol. The van der Waals surface area contributed by atoms with Gasteiger partial charge in [0.05, 0.1) is 22.7 Å². The molecule has 0 unspecified atom stereocenters. The molecule has 21 heavy (non-hydrogen) atoms. The van der Waals surface area contributed by atoms with Crippen LogP contribution in [0.1, 0.15) is 0 Å². The lowest BCUT2D eigenvalue weighted by atomic mass is 10.3. The van der Waals surface area contributed by atoms with Crippen molar-refractivity contribution in [1.29, 1.82) is 0 Å². The first-order chi connectivity index (χ1) is 9.95. The molecule has 0 bridgehead atoms. The third kappa shape index (κ3) is 3.75. The van der Waals surface area contributed by atoms with Crippen LogP contribution in [0.25, 0.3) is 0 Å². The molecule has 2 rings (SSSR count). The van der Waals surface area contributed by atoms with Gasteiger partial charge in [0.25, 0.3) is 5.69 Å². The summed E-state index contributed by atoms with van der Waals surface area (Å²) in [7, 11) is 0. The summed E-state index contributed by atoms with van der Waals surface area (Å²) in [4.78, 5) is 14.0. The minimum absolute atomic E-state index is 0.0482. The summed E-state index contributed by atoms with van der Waals surface area (Å²) in [6.45, 7) is -2.99. The number of para-hydroxylation sites is 2. The first kappa shape index (κ1) is 14.4. The number of aromatic nitrogens is 1. The van der Waals surface area contributed by atoms with E-state index in [0.29, 0.717) is 0 Å². The van der Waals surface area contributed by atoms with Crippen LogP contribution in [0.5, 0.6) is 5.75 Å². The zero-order valence-corrected chi connectivity index (χ0v) is 10.5. The summed E-state index contributed by atoms with van der Waals surface area (Å²) in [5.41, 5.74) is 5.38. The number of hydrogen-bond acceptors (Lipinski definition) is 6. The number of benzene rings is 1. The minimum atomic E-state index is -2.99. The van der Waals surface area contributed by atoms with Gasteiger partial charge in [0.15, 0.2) is 0 Å². The Morgan fingerprint density at radius 3 is 2.71 bits per heavy atom. The molecule has 0 aliphatic carbocycles. The maximum atomic E-state index is 12.3. The second-order valence-corrected chi connectivity index (χ2v) is 3.89. The fourth-order valence-electron chi connectivity index (χ4n) is 1.61. The van der Waals surface area contributed by atoms with Gasteiger partial charge >= 0.3 is 6.61 Å². The lowest BCUT2D eigenvalue weighted by Gasteiger charge is -2.12. The van der Waals surface area contributed by atoms with E-state index in [2.05, 4.69) is 15.0 Å². The van der Waals surface area contributed by atoms with Crippen LogP contribution in [0.4, 0.5) is 31.8 Å². The molecule has 0 amide bonds. The van der Waals surface area contributed by atoms with Gasteiger partial charge in [-0.15, -0.1) is 0 Å². The number of rotatable bonds is 5. The Balaban J connectivity index is 2.32. The van der Waals surface area contributed by atoms with Gasteiger partial charge < -0.3 is 15.8 Å². The third-order valence-corrected chi connectivity index (χ3v) is 2.41. The van der Waals surface area contributed by atoms with Crippen molar-refractivity contribution in [1.82, 2.24) is 4.98 Å². The second kappa shape index (κ2) is 5.99. The molecule has 2 aromatic rings. The monoisotopic (exact) mass is 296 g/mol. The lowest BCUT2D eigenvalue weighted by Crippen LogP contribution is -2.05. The van der Waals surface area contributed by atoms with Crippen LogP contribution in [0, 0.1) is 10.1 Å². The maximum Gasteiger partial charge on any atom is 0.387 e. The molecule has 0 aliphatic heterocycles. The van der Waals surface area contributed by atoms with Crippen LogP contribution in [0.3, 0.4) is 0 Å². The highest BCUT2D eigenvalue weighted by molar-refractivity contribution is 5.66. The first-order valence-electron chi connectivity index (χ1n) is 5.68. The summed E-state index contributed by atoms with van der Waals surface area (Å²) in [6.07, 6.45) is 0. The topological polar surface area (TPSA) is 103 Å². The fraction of sp³-hybridized carbons (Fsp3) is 0.0833. The number of nitrogens with two attached hydrogens (primary N) is 1. The highest BCUT2D eigenvalue weighted by Crippen LogP contribution is 2.29. The molecule has 0 spiro atoms. The molecule has 0 saturated carbocycles. The van der Waals surface area contributed by atoms with E-state index in [1.54, 1.807) is 6.07 Å². The largest absolute Gasteiger partial charge is 0.433 e. The van der Waals surface area contributed by atoms with Crippen molar-refractivity contribution >= 4 is 23.0 Å². The number of nitrogens with zero attached hydrogens (tertiary/aromatic N) is 2. The lowest BCUT2D eigenvalue weighted by molar-refractivity contribution is -0.384. The highest BCUT2D eigenvalue weighted by Gasteiger charge is 2.13. The van der Waals surface area contributed by atoms with Crippen molar-refractivity contribution in [3.63, 3.8) is 0 Å². The van der Waals surface area contributed by atoms with Gasteiger partial charge in [0, 0.05) is 0 Å². The summed E-state index contributed by atoms with van der Waals surface area (Å²) in [5, 5.41) is 13.4. The van der Waals surface area contributed by atoms with Gasteiger partial charge in [-0.1, -0.05) is 12.1 Å². The Bertz CT molecular complexity index is 667. The Labute approximate surface area is 117 Å². The minimum Gasteiger partial charge on any atom is -0.433 e. The predicted molar refractivity (Wildman–Crippen MR) is 71.7 cm³/mol. The van der Waals surface area contributed by atoms with Crippen molar-refractivity contribution in [2.24, 2.45) is 0 Å². The van der Waals surface area contributed by atoms with Crippen LogP contribution >= 0.6 is 0 Å². The molecule has 0 saturated heterocycles. The van der Waals surface area contributed by atoms with E-state index >= 15 is 0 Å². The predicted octanol–water partition coefficient (Wildman–Crippen LogP) is 2.92. The number of nitrogens with one attached hydrogen (secondary N) is 1.